The zero-order valence-corrected chi connectivity index (χ0v) is 23.2. The van der Waals surface area contributed by atoms with Crippen molar-refractivity contribution in [2.75, 3.05) is 10.6 Å². The van der Waals surface area contributed by atoms with Crippen LogP contribution in [-0.4, -0.2) is 48.9 Å². The second kappa shape index (κ2) is 9.91. The molecule has 1 aliphatic rings. The number of rotatable bonds is 7. The number of halogens is 1. The highest BCUT2D eigenvalue weighted by molar-refractivity contribution is 6.42. The van der Waals surface area contributed by atoms with Gasteiger partial charge in [0.2, 0.25) is 0 Å². The van der Waals surface area contributed by atoms with E-state index >= 15 is 0 Å². The van der Waals surface area contributed by atoms with Crippen molar-refractivity contribution in [3.05, 3.63) is 76.2 Å². The molecule has 4 aromatic rings. The lowest BCUT2D eigenvalue weighted by molar-refractivity contribution is 0.378. The van der Waals surface area contributed by atoms with Gasteiger partial charge in [-0.3, -0.25) is 4.98 Å². The molecule has 0 bridgehead atoms. The molecule has 0 spiro atoms. The Morgan fingerprint density at radius 3 is 2.45 bits per heavy atom. The van der Waals surface area contributed by atoms with E-state index in [-0.39, 0.29) is 5.56 Å². The summed E-state index contributed by atoms with van der Waals surface area (Å²) in [5.41, 5.74) is 1.16. The number of anilines is 2. The number of nitrogens with zero attached hydrogens (tertiary/aromatic N) is 6. The first-order valence-electron chi connectivity index (χ1n) is 12.7. The molecule has 1 atom stereocenters. The molecule has 12 heteroatoms. The quantitative estimate of drug-likeness (QED) is 0.332. The molecule has 2 aromatic heterocycles. The summed E-state index contributed by atoms with van der Waals surface area (Å²) in [7, 11) is 20.0. The maximum atomic E-state index is 9.88. The zero-order valence-electron chi connectivity index (χ0n) is 22.4. The predicted molar refractivity (Wildman–Crippen MR) is 158 cm³/mol. The van der Waals surface area contributed by atoms with Gasteiger partial charge < -0.3 is 10.6 Å². The van der Waals surface area contributed by atoms with Gasteiger partial charge in [-0.25, -0.2) is 4.68 Å². The van der Waals surface area contributed by atoms with Crippen LogP contribution in [0.3, 0.4) is 0 Å². The third-order valence-electron chi connectivity index (χ3n) is 7.24. The largest absolute Gasteiger partial charge is 0.395 e. The summed E-state index contributed by atoms with van der Waals surface area (Å²) in [6.45, 7) is 5.67. The molecule has 192 valence electrons. The Bertz CT molecular complexity index is 1690. The number of aromatic nitrogens is 4. The van der Waals surface area contributed by atoms with Crippen LogP contribution in [0.25, 0.3) is 10.9 Å². The van der Waals surface area contributed by atoms with Crippen molar-refractivity contribution in [3.63, 3.8) is 0 Å². The van der Waals surface area contributed by atoms with E-state index in [1.165, 1.54) is 6.20 Å². The molecular formula is C28H24B3ClN8. The molecule has 40 heavy (non-hydrogen) atoms. The zero-order chi connectivity index (χ0) is 28.9. The number of hydrogen-bond acceptors (Lipinski definition) is 7. The SMILES string of the molecule is [B]C(Nc1cc(Cl)c2ncc(C#N)c(NC([B])([B])C(C)(C)C)c2c1)(c1cccc(C#N)c1)c1cn(C2CC2)nn1. The van der Waals surface area contributed by atoms with E-state index in [9.17, 15) is 10.5 Å². The number of nitrogens with one attached hydrogen (secondary N) is 2. The fraction of sp³-hybridized carbons (Fsp3) is 0.321. The van der Waals surface area contributed by atoms with Gasteiger partial charge in [-0.1, -0.05) is 49.7 Å². The Morgan fingerprint density at radius 1 is 1.05 bits per heavy atom. The number of pyridine rings is 1. The maximum Gasteiger partial charge on any atom is 0.119 e. The van der Waals surface area contributed by atoms with Gasteiger partial charge in [0.1, 0.15) is 19.6 Å². The molecule has 0 saturated heterocycles. The Labute approximate surface area is 242 Å². The highest BCUT2D eigenvalue weighted by Gasteiger charge is 2.35. The summed E-state index contributed by atoms with van der Waals surface area (Å²) >= 11 is 6.72. The monoisotopic (exact) mass is 540 g/mol. The van der Waals surface area contributed by atoms with Crippen molar-refractivity contribution < 1.29 is 0 Å². The second-order valence-corrected chi connectivity index (χ2v) is 11.6. The molecule has 2 aromatic carbocycles. The minimum Gasteiger partial charge on any atom is -0.395 e. The Hall–Kier alpha value is -3.95. The van der Waals surface area contributed by atoms with Gasteiger partial charge in [0.05, 0.1) is 66.8 Å². The van der Waals surface area contributed by atoms with Gasteiger partial charge in [-0.15, -0.1) is 5.10 Å². The van der Waals surface area contributed by atoms with Gasteiger partial charge in [0, 0.05) is 17.3 Å². The number of benzene rings is 2. The van der Waals surface area contributed by atoms with Crippen LogP contribution in [0.5, 0.6) is 0 Å². The number of nitriles is 2. The molecule has 0 amide bonds. The third-order valence-corrected chi connectivity index (χ3v) is 7.53. The summed E-state index contributed by atoms with van der Waals surface area (Å²) in [6.07, 6.45) is 5.30. The average molecular weight is 540 g/mol. The maximum absolute atomic E-state index is 9.88. The summed E-state index contributed by atoms with van der Waals surface area (Å²) < 4.78 is 1.81. The molecular weight excluding hydrogens is 516 g/mol. The van der Waals surface area contributed by atoms with Gasteiger partial charge in [-0.2, -0.15) is 10.5 Å². The van der Waals surface area contributed by atoms with E-state index in [1.54, 1.807) is 35.0 Å². The molecule has 8 nitrogen and oxygen atoms in total. The summed E-state index contributed by atoms with van der Waals surface area (Å²) in [6, 6.07) is 15.1. The third kappa shape index (κ3) is 5.02. The predicted octanol–water partition coefficient (Wildman–Crippen LogP) is 4.49. The lowest BCUT2D eigenvalue weighted by Crippen LogP contribution is -2.51. The first-order chi connectivity index (χ1) is 18.9. The van der Waals surface area contributed by atoms with E-state index in [0.29, 0.717) is 50.2 Å². The van der Waals surface area contributed by atoms with E-state index in [0.717, 1.165) is 12.8 Å². The van der Waals surface area contributed by atoms with Crippen molar-refractivity contribution in [3.8, 4) is 12.1 Å². The minimum atomic E-state index is -1.39. The number of fused-ring (bicyclic) bond motifs is 1. The van der Waals surface area contributed by atoms with Gasteiger partial charge in [0.15, 0.2) is 0 Å². The molecule has 0 aliphatic heterocycles. The Morgan fingerprint density at radius 2 is 1.80 bits per heavy atom. The summed E-state index contributed by atoms with van der Waals surface area (Å²) in [5, 5.41) is 34.1. The first kappa shape index (κ1) is 27.6. The van der Waals surface area contributed by atoms with Crippen LogP contribution >= 0.6 is 11.6 Å². The molecule has 5 rings (SSSR count). The van der Waals surface area contributed by atoms with E-state index in [2.05, 4.69) is 38.1 Å². The van der Waals surface area contributed by atoms with E-state index in [1.807, 2.05) is 33.0 Å². The van der Waals surface area contributed by atoms with Crippen molar-refractivity contribution >= 4 is 57.4 Å². The second-order valence-electron chi connectivity index (χ2n) is 11.2. The topological polar surface area (TPSA) is 115 Å². The van der Waals surface area contributed by atoms with Crippen molar-refractivity contribution in [1.82, 2.24) is 20.0 Å². The van der Waals surface area contributed by atoms with Gasteiger partial charge in [0.25, 0.3) is 0 Å². The van der Waals surface area contributed by atoms with Crippen LogP contribution < -0.4 is 10.6 Å². The van der Waals surface area contributed by atoms with Crippen molar-refractivity contribution in [2.45, 2.75) is 50.4 Å². The molecule has 1 aliphatic carbocycles. The molecule has 1 unspecified atom stereocenters. The van der Waals surface area contributed by atoms with Crippen LogP contribution in [0.4, 0.5) is 11.4 Å². The van der Waals surface area contributed by atoms with Gasteiger partial charge >= 0.3 is 0 Å². The summed E-state index contributed by atoms with van der Waals surface area (Å²) in [4.78, 5) is 4.41. The normalized spacial score (nSPS) is 15.2. The highest BCUT2D eigenvalue weighted by Crippen LogP contribution is 2.40. The van der Waals surface area contributed by atoms with Crippen LogP contribution in [0, 0.1) is 28.1 Å². The molecule has 1 fully saturated rings. The lowest BCUT2D eigenvalue weighted by atomic mass is 9.49. The lowest BCUT2D eigenvalue weighted by Gasteiger charge is -2.42. The fourth-order valence-corrected chi connectivity index (χ4v) is 4.53. The minimum absolute atomic E-state index is 0.248. The summed E-state index contributed by atoms with van der Waals surface area (Å²) in [5.74, 6) is 0. The van der Waals surface area contributed by atoms with Crippen molar-refractivity contribution in [1.29, 1.82) is 10.5 Å². The fourth-order valence-electron chi connectivity index (χ4n) is 4.27. The first-order valence-corrected chi connectivity index (χ1v) is 13.1. The average Bonchev–Trinajstić information content (AvgIpc) is 3.63. The number of hydrogen-bond donors (Lipinski definition) is 2. The van der Waals surface area contributed by atoms with Gasteiger partial charge in [-0.05, 0) is 53.4 Å². The van der Waals surface area contributed by atoms with E-state index in [4.69, 9.17) is 35.1 Å². The molecule has 2 heterocycles. The van der Waals surface area contributed by atoms with Crippen LogP contribution in [0.2, 0.25) is 5.02 Å². The van der Waals surface area contributed by atoms with Crippen LogP contribution in [0.15, 0.2) is 48.8 Å². The standard InChI is InChI=1S/C28H24B3ClN8/c1-26(2,3)28(30,31)37-24-17(13-34)14-35-25-21(24)10-19(11-22(25)32)36-27(29,18-6-4-5-16(9-18)12-33)23-15-40(39-38-23)20-7-8-20/h4-6,9-11,14-15,20,36H,7-8H2,1-3H3,(H,35,37). The Kier molecular flexibility index (Phi) is 6.84. The smallest absolute Gasteiger partial charge is 0.119 e. The molecule has 2 N–H and O–H groups in total. The Balaban J connectivity index is 1.67. The van der Waals surface area contributed by atoms with Crippen LogP contribution in [0.1, 0.15) is 62.0 Å². The molecule has 1 saturated carbocycles. The highest BCUT2D eigenvalue weighted by atomic mass is 35.5. The molecule has 6 radical (unpaired) electrons. The van der Waals surface area contributed by atoms with Crippen molar-refractivity contribution in [2.24, 2.45) is 5.41 Å². The van der Waals surface area contributed by atoms with Crippen LogP contribution in [-0.2, 0) is 5.44 Å². The van der Waals surface area contributed by atoms with E-state index < -0.39 is 16.2 Å².